The van der Waals surface area contributed by atoms with Crippen LogP contribution in [0.25, 0.3) is 10.9 Å². The van der Waals surface area contributed by atoms with Gasteiger partial charge in [-0.2, -0.15) is 0 Å². The zero-order valence-electron chi connectivity index (χ0n) is 13.8. The van der Waals surface area contributed by atoms with E-state index in [1.54, 1.807) is 18.3 Å². The summed E-state index contributed by atoms with van der Waals surface area (Å²) in [5, 5.41) is 4.69. The van der Waals surface area contributed by atoms with E-state index in [4.69, 9.17) is 4.52 Å². The van der Waals surface area contributed by atoms with Gasteiger partial charge in [0.1, 0.15) is 10.7 Å². The highest BCUT2D eigenvalue weighted by Gasteiger charge is 2.18. The second kappa shape index (κ2) is 6.33. The minimum atomic E-state index is -3.64. The summed E-state index contributed by atoms with van der Waals surface area (Å²) in [7, 11) is -3.64. The van der Waals surface area contributed by atoms with Crippen molar-refractivity contribution in [3.8, 4) is 0 Å². The Hall–Kier alpha value is -2.25. The third-order valence-corrected chi connectivity index (χ3v) is 5.44. The molecule has 0 amide bonds. The largest absolute Gasteiger partial charge is 0.361 e. The number of aryl methyl sites for hydroxylation is 3. The topological polar surface area (TPSA) is 85.1 Å². The molecule has 126 valence electrons. The summed E-state index contributed by atoms with van der Waals surface area (Å²) in [6, 6.07) is 7.08. The molecule has 0 bridgehead atoms. The first-order valence-corrected chi connectivity index (χ1v) is 9.13. The smallest absolute Gasteiger partial charge is 0.242 e. The highest BCUT2D eigenvalue weighted by atomic mass is 32.2. The van der Waals surface area contributed by atoms with Crippen LogP contribution in [-0.4, -0.2) is 25.1 Å². The molecule has 7 heteroatoms. The van der Waals surface area contributed by atoms with Gasteiger partial charge in [0.2, 0.25) is 10.0 Å². The van der Waals surface area contributed by atoms with Crippen LogP contribution in [0.15, 0.2) is 39.9 Å². The molecule has 0 unspecified atom stereocenters. The molecule has 0 aliphatic rings. The van der Waals surface area contributed by atoms with Crippen molar-refractivity contribution in [2.45, 2.75) is 32.1 Å². The molecular weight excluding hydrogens is 326 g/mol. The number of fused-ring (bicyclic) bond motifs is 1. The van der Waals surface area contributed by atoms with Crippen molar-refractivity contribution in [1.29, 1.82) is 0 Å². The lowest BCUT2D eigenvalue weighted by Gasteiger charge is -2.09. The van der Waals surface area contributed by atoms with Crippen LogP contribution in [0.1, 0.15) is 22.6 Å². The number of para-hydroxylation sites is 1. The molecule has 0 radical (unpaired) electrons. The first-order valence-electron chi connectivity index (χ1n) is 7.65. The number of sulfonamides is 1. The Morgan fingerprint density at radius 3 is 2.71 bits per heavy atom. The Morgan fingerprint density at radius 2 is 2.00 bits per heavy atom. The highest BCUT2D eigenvalue weighted by Crippen LogP contribution is 2.21. The molecule has 1 aromatic carbocycles. The van der Waals surface area contributed by atoms with Gasteiger partial charge in [0.05, 0.1) is 11.2 Å². The predicted octanol–water partition coefficient (Wildman–Crippen LogP) is 2.67. The zero-order valence-corrected chi connectivity index (χ0v) is 14.6. The van der Waals surface area contributed by atoms with Crippen LogP contribution < -0.4 is 4.72 Å². The van der Waals surface area contributed by atoms with Crippen LogP contribution in [0, 0.1) is 20.8 Å². The van der Waals surface area contributed by atoms with Gasteiger partial charge < -0.3 is 4.52 Å². The lowest BCUT2D eigenvalue weighted by Crippen LogP contribution is -2.26. The molecule has 0 aliphatic carbocycles. The summed E-state index contributed by atoms with van der Waals surface area (Å²) in [6.45, 7) is 5.86. The molecule has 0 aliphatic heterocycles. The minimum absolute atomic E-state index is 0.193. The summed E-state index contributed by atoms with van der Waals surface area (Å²) in [6.07, 6.45) is 2.20. The van der Waals surface area contributed by atoms with E-state index in [-0.39, 0.29) is 11.4 Å². The SMILES string of the molecule is Cc1cnc2c(S(=O)(=O)NCCc3c(C)noc3C)cccc2c1. The lowest BCUT2D eigenvalue weighted by molar-refractivity contribution is 0.392. The van der Waals surface area contributed by atoms with Gasteiger partial charge in [-0.05, 0) is 44.9 Å². The highest BCUT2D eigenvalue weighted by molar-refractivity contribution is 7.89. The first kappa shape index (κ1) is 16.6. The first-order chi connectivity index (χ1) is 11.4. The van der Waals surface area contributed by atoms with Crippen molar-refractivity contribution in [1.82, 2.24) is 14.9 Å². The molecule has 0 saturated heterocycles. The van der Waals surface area contributed by atoms with E-state index in [9.17, 15) is 8.42 Å². The number of pyridine rings is 1. The molecule has 0 saturated carbocycles. The summed E-state index contributed by atoms with van der Waals surface area (Å²) in [5.74, 6) is 0.717. The molecule has 2 heterocycles. The van der Waals surface area contributed by atoms with Crippen molar-refractivity contribution in [2.75, 3.05) is 6.54 Å². The molecule has 0 fully saturated rings. The molecule has 2 aromatic heterocycles. The summed E-state index contributed by atoms with van der Waals surface area (Å²) < 4.78 is 33.0. The maximum absolute atomic E-state index is 12.6. The van der Waals surface area contributed by atoms with Crippen LogP contribution in [-0.2, 0) is 16.4 Å². The second-order valence-corrected chi connectivity index (χ2v) is 7.53. The Labute approximate surface area is 140 Å². The van der Waals surface area contributed by atoms with Gasteiger partial charge in [0.15, 0.2) is 0 Å². The molecule has 3 rings (SSSR count). The van der Waals surface area contributed by atoms with E-state index in [0.29, 0.717) is 17.7 Å². The van der Waals surface area contributed by atoms with Crippen LogP contribution >= 0.6 is 0 Å². The van der Waals surface area contributed by atoms with E-state index in [0.717, 1.165) is 22.2 Å². The second-order valence-electron chi connectivity index (χ2n) is 5.79. The number of aromatic nitrogens is 2. The lowest BCUT2D eigenvalue weighted by atomic mass is 10.1. The van der Waals surface area contributed by atoms with E-state index in [2.05, 4.69) is 14.9 Å². The number of hydrogen-bond donors (Lipinski definition) is 1. The van der Waals surface area contributed by atoms with Crippen molar-refractivity contribution in [3.05, 3.63) is 53.0 Å². The van der Waals surface area contributed by atoms with E-state index >= 15 is 0 Å². The third-order valence-electron chi connectivity index (χ3n) is 3.95. The van der Waals surface area contributed by atoms with E-state index < -0.39 is 10.0 Å². The fraction of sp³-hybridized carbons (Fsp3) is 0.294. The predicted molar refractivity (Wildman–Crippen MR) is 91.3 cm³/mol. The quantitative estimate of drug-likeness (QED) is 0.768. The number of nitrogens with zero attached hydrogens (tertiary/aromatic N) is 2. The van der Waals surface area contributed by atoms with Gasteiger partial charge in [-0.3, -0.25) is 4.98 Å². The molecule has 6 nitrogen and oxygen atoms in total. The van der Waals surface area contributed by atoms with Gasteiger partial charge in [0, 0.05) is 23.7 Å². The Balaban J connectivity index is 1.83. The zero-order chi connectivity index (χ0) is 17.3. The number of benzene rings is 1. The van der Waals surface area contributed by atoms with Gasteiger partial charge >= 0.3 is 0 Å². The normalized spacial score (nSPS) is 12.0. The van der Waals surface area contributed by atoms with Crippen molar-refractivity contribution >= 4 is 20.9 Å². The van der Waals surface area contributed by atoms with Crippen molar-refractivity contribution in [2.24, 2.45) is 0 Å². The maximum Gasteiger partial charge on any atom is 0.242 e. The maximum atomic E-state index is 12.6. The van der Waals surface area contributed by atoms with Crippen LogP contribution in [0.4, 0.5) is 0 Å². The number of nitrogens with one attached hydrogen (secondary N) is 1. The van der Waals surface area contributed by atoms with Crippen molar-refractivity contribution in [3.63, 3.8) is 0 Å². The number of hydrogen-bond acceptors (Lipinski definition) is 5. The Kier molecular flexibility index (Phi) is 4.38. The van der Waals surface area contributed by atoms with Gasteiger partial charge in [0.25, 0.3) is 0 Å². The average Bonchev–Trinajstić information content (AvgIpc) is 2.85. The van der Waals surface area contributed by atoms with Gasteiger partial charge in [-0.25, -0.2) is 13.1 Å². The van der Waals surface area contributed by atoms with E-state index in [1.807, 2.05) is 32.9 Å². The summed E-state index contributed by atoms with van der Waals surface area (Å²) in [4.78, 5) is 4.48. The fourth-order valence-electron chi connectivity index (χ4n) is 2.71. The fourth-order valence-corrected chi connectivity index (χ4v) is 3.92. The molecule has 1 N–H and O–H groups in total. The third kappa shape index (κ3) is 3.18. The minimum Gasteiger partial charge on any atom is -0.361 e. The molecular formula is C17H19N3O3S. The number of rotatable bonds is 5. The van der Waals surface area contributed by atoms with Gasteiger partial charge in [-0.1, -0.05) is 17.3 Å². The van der Waals surface area contributed by atoms with E-state index in [1.165, 1.54) is 0 Å². The summed E-state index contributed by atoms with van der Waals surface area (Å²) >= 11 is 0. The van der Waals surface area contributed by atoms with Crippen LogP contribution in [0.5, 0.6) is 0 Å². The van der Waals surface area contributed by atoms with Crippen LogP contribution in [0.3, 0.4) is 0 Å². The summed E-state index contributed by atoms with van der Waals surface area (Å²) in [5.41, 5.74) is 3.19. The van der Waals surface area contributed by atoms with Crippen LogP contribution in [0.2, 0.25) is 0 Å². The average molecular weight is 345 g/mol. The Morgan fingerprint density at radius 1 is 1.21 bits per heavy atom. The monoisotopic (exact) mass is 345 g/mol. The molecule has 24 heavy (non-hydrogen) atoms. The molecule has 0 spiro atoms. The van der Waals surface area contributed by atoms with Gasteiger partial charge in [-0.15, -0.1) is 0 Å². The molecule has 0 atom stereocenters. The standard InChI is InChI=1S/C17H19N3O3S/c1-11-9-14-5-4-6-16(17(14)18-10-11)24(21,22)19-8-7-15-12(2)20-23-13(15)3/h4-6,9-10,19H,7-8H2,1-3H3. The Bertz CT molecular complexity index is 974. The molecule has 3 aromatic rings. The van der Waals surface area contributed by atoms with Crippen molar-refractivity contribution < 1.29 is 12.9 Å².